The topological polar surface area (TPSA) is 103 Å². The van der Waals surface area contributed by atoms with E-state index < -0.39 is 22.0 Å². The van der Waals surface area contributed by atoms with Crippen LogP contribution in [-0.4, -0.2) is 40.2 Å². The highest BCUT2D eigenvalue weighted by molar-refractivity contribution is 7.89. The lowest BCUT2D eigenvalue weighted by Crippen LogP contribution is -2.45. The number of sulfonamides is 1. The van der Waals surface area contributed by atoms with E-state index in [1.165, 1.54) is 12.1 Å². The Morgan fingerprint density at radius 1 is 1.03 bits per heavy atom. The number of benzene rings is 3. The van der Waals surface area contributed by atoms with Gasteiger partial charge in [0.05, 0.1) is 6.61 Å². The third-order valence-electron chi connectivity index (χ3n) is 5.20. The van der Waals surface area contributed by atoms with Crippen molar-refractivity contribution in [1.82, 2.24) is 4.72 Å². The molecule has 3 aromatic carbocycles. The summed E-state index contributed by atoms with van der Waals surface area (Å²) in [5, 5.41) is 3.01. The average molecular weight is 517 g/mol. The Balaban J connectivity index is 1.62. The van der Waals surface area contributed by atoms with E-state index in [2.05, 4.69) is 10.0 Å². The van der Waals surface area contributed by atoms with Crippen molar-refractivity contribution in [1.29, 1.82) is 0 Å². The number of hydrogen-bond acceptors (Lipinski definition) is 6. The van der Waals surface area contributed by atoms with E-state index in [4.69, 9.17) is 25.8 Å². The lowest BCUT2D eigenvalue weighted by molar-refractivity contribution is -0.117. The van der Waals surface area contributed by atoms with Crippen LogP contribution in [0.1, 0.15) is 12.5 Å². The van der Waals surface area contributed by atoms with Crippen molar-refractivity contribution in [2.45, 2.75) is 24.3 Å². The highest BCUT2D eigenvalue weighted by Gasteiger charge is 2.29. The fraction of sp³-hybridized carbons (Fsp3) is 0.240. The Morgan fingerprint density at radius 3 is 2.51 bits per heavy atom. The molecule has 184 valence electrons. The summed E-state index contributed by atoms with van der Waals surface area (Å²) in [5.41, 5.74) is 1.24. The first kappa shape index (κ1) is 24.8. The zero-order chi connectivity index (χ0) is 24.8. The molecule has 1 aliphatic heterocycles. The maximum absolute atomic E-state index is 13.4. The minimum Gasteiger partial charge on any atom is -0.492 e. The summed E-state index contributed by atoms with van der Waals surface area (Å²) in [5.74, 6) is 0.707. The highest BCUT2D eigenvalue weighted by Crippen LogP contribution is 2.33. The van der Waals surface area contributed by atoms with Crippen molar-refractivity contribution in [3.05, 3.63) is 77.3 Å². The number of fused-ring (bicyclic) bond motifs is 1. The summed E-state index contributed by atoms with van der Waals surface area (Å²) in [6, 6.07) is 17.4. The summed E-state index contributed by atoms with van der Waals surface area (Å²) in [6.07, 6.45) is 0.126. The Hall–Kier alpha value is -3.27. The monoisotopic (exact) mass is 516 g/mol. The second kappa shape index (κ2) is 11.0. The predicted molar refractivity (Wildman–Crippen MR) is 133 cm³/mol. The van der Waals surface area contributed by atoms with Gasteiger partial charge in [-0.15, -0.1) is 0 Å². The molecule has 0 saturated carbocycles. The molecule has 35 heavy (non-hydrogen) atoms. The maximum Gasteiger partial charge on any atom is 0.245 e. The second-order valence-corrected chi connectivity index (χ2v) is 9.85. The van der Waals surface area contributed by atoms with Crippen LogP contribution >= 0.6 is 11.6 Å². The molecule has 1 amide bonds. The molecule has 0 saturated heterocycles. The van der Waals surface area contributed by atoms with Crippen molar-refractivity contribution in [3.8, 4) is 17.2 Å². The average Bonchev–Trinajstić information content (AvgIpc) is 2.85. The summed E-state index contributed by atoms with van der Waals surface area (Å²) in [6.45, 7) is 2.87. The van der Waals surface area contributed by atoms with Crippen molar-refractivity contribution in [2.75, 3.05) is 25.1 Å². The summed E-state index contributed by atoms with van der Waals surface area (Å²) >= 11 is 6.07. The minimum absolute atomic E-state index is 0.126. The van der Waals surface area contributed by atoms with Crippen LogP contribution in [0.3, 0.4) is 0 Å². The first-order valence-electron chi connectivity index (χ1n) is 11.0. The highest BCUT2D eigenvalue weighted by atomic mass is 35.5. The number of ether oxygens (including phenoxy) is 3. The largest absolute Gasteiger partial charge is 0.492 e. The van der Waals surface area contributed by atoms with Gasteiger partial charge in [0.1, 0.15) is 29.9 Å². The van der Waals surface area contributed by atoms with E-state index in [1.807, 2.05) is 30.3 Å². The molecule has 1 atom stereocenters. The Kier molecular flexibility index (Phi) is 7.80. The van der Waals surface area contributed by atoms with Gasteiger partial charge in [-0.05, 0) is 49.2 Å². The second-order valence-electron chi connectivity index (χ2n) is 7.74. The zero-order valence-electron chi connectivity index (χ0n) is 19.0. The van der Waals surface area contributed by atoms with Crippen LogP contribution < -0.4 is 24.2 Å². The molecular formula is C25H25ClN2O6S. The molecule has 0 aromatic heterocycles. The van der Waals surface area contributed by atoms with Crippen LogP contribution in [-0.2, 0) is 21.2 Å². The quantitative estimate of drug-likeness (QED) is 0.445. The summed E-state index contributed by atoms with van der Waals surface area (Å²) in [7, 11) is -4.17. The molecule has 1 aliphatic rings. The normalized spacial score (nSPS) is 13.7. The van der Waals surface area contributed by atoms with E-state index in [-0.39, 0.29) is 28.7 Å². The SMILES string of the molecule is CCOc1ccc(Cl)cc1S(=O)(=O)NC(Cc1ccccc1)C(=O)Nc1ccc2c(c1)OCCO2. The Labute approximate surface area is 209 Å². The van der Waals surface area contributed by atoms with Crippen molar-refractivity contribution < 1.29 is 27.4 Å². The van der Waals surface area contributed by atoms with Crippen LogP contribution in [0, 0.1) is 0 Å². The van der Waals surface area contributed by atoms with Gasteiger partial charge in [-0.25, -0.2) is 8.42 Å². The van der Waals surface area contributed by atoms with E-state index >= 15 is 0 Å². The Morgan fingerprint density at radius 2 is 1.77 bits per heavy atom. The van der Waals surface area contributed by atoms with Crippen molar-refractivity contribution >= 4 is 33.2 Å². The first-order chi connectivity index (χ1) is 16.9. The van der Waals surface area contributed by atoms with Gasteiger partial charge in [0, 0.05) is 16.8 Å². The van der Waals surface area contributed by atoms with Crippen molar-refractivity contribution in [3.63, 3.8) is 0 Å². The fourth-order valence-corrected chi connectivity index (χ4v) is 5.21. The minimum atomic E-state index is -4.17. The summed E-state index contributed by atoms with van der Waals surface area (Å²) < 4.78 is 45.8. The number of amides is 1. The number of carbonyl (C=O) groups excluding carboxylic acids is 1. The van der Waals surface area contributed by atoms with Crippen LogP contribution in [0.25, 0.3) is 0 Å². The van der Waals surface area contributed by atoms with Gasteiger partial charge < -0.3 is 19.5 Å². The lowest BCUT2D eigenvalue weighted by atomic mass is 10.1. The molecule has 0 fully saturated rings. The van der Waals surface area contributed by atoms with Gasteiger partial charge in [-0.3, -0.25) is 4.79 Å². The number of anilines is 1. The standard InChI is InChI=1S/C25H25ClN2O6S/c1-2-32-22-10-8-18(26)15-24(22)35(30,31)28-20(14-17-6-4-3-5-7-17)25(29)27-19-9-11-21-23(16-19)34-13-12-33-21/h3-11,15-16,20,28H,2,12-14H2,1H3,(H,27,29). The van der Waals surface area contributed by atoms with Gasteiger partial charge in [0.15, 0.2) is 11.5 Å². The number of carbonyl (C=O) groups is 1. The van der Waals surface area contributed by atoms with Crippen LogP contribution in [0.4, 0.5) is 5.69 Å². The van der Waals surface area contributed by atoms with E-state index in [0.29, 0.717) is 30.4 Å². The third kappa shape index (κ3) is 6.25. The number of halogens is 1. The van der Waals surface area contributed by atoms with Gasteiger partial charge in [0.2, 0.25) is 15.9 Å². The molecule has 0 spiro atoms. The van der Waals surface area contributed by atoms with Crippen molar-refractivity contribution in [2.24, 2.45) is 0 Å². The molecule has 4 rings (SSSR count). The van der Waals surface area contributed by atoms with Gasteiger partial charge in [-0.2, -0.15) is 4.72 Å². The van der Waals surface area contributed by atoms with E-state index in [1.54, 1.807) is 31.2 Å². The molecule has 2 N–H and O–H groups in total. The van der Waals surface area contributed by atoms with Crippen LogP contribution in [0.15, 0.2) is 71.6 Å². The number of nitrogens with one attached hydrogen (secondary N) is 2. The smallest absolute Gasteiger partial charge is 0.245 e. The Bertz CT molecular complexity index is 1300. The molecule has 1 heterocycles. The first-order valence-corrected chi connectivity index (χ1v) is 12.9. The summed E-state index contributed by atoms with van der Waals surface area (Å²) in [4.78, 5) is 13.2. The fourth-order valence-electron chi connectivity index (χ4n) is 3.61. The maximum atomic E-state index is 13.4. The molecule has 10 heteroatoms. The van der Waals surface area contributed by atoms with Gasteiger partial charge >= 0.3 is 0 Å². The molecule has 8 nitrogen and oxygen atoms in total. The molecular weight excluding hydrogens is 492 g/mol. The molecule has 0 radical (unpaired) electrons. The molecule has 1 unspecified atom stereocenters. The lowest BCUT2D eigenvalue weighted by Gasteiger charge is -2.21. The van der Waals surface area contributed by atoms with Crippen LogP contribution in [0.5, 0.6) is 17.2 Å². The molecule has 0 bridgehead atoms. The number of rotatable bonds is 9. The molecule has 0 aliphatic carbocycles. The van der Waals surface area contributed by atoms with E-state index in [0.717, 1.165) is 5.56 Å². The zero-order valence-corrected chi connectivity index (χ0v) is 20.6. The third-order valence-corrected chi connectivity index (χ3v) is 6.93. The predicted octanol–water partition coefficient (Wildman–Crippen LogP) is 4.04. The number of hydrogen-bond donors (Lipinski definition) is 2. The van der Waals surface area contributed by atoms with Gasteiger partial charge in [-0.1, -0.05) is 41.9 Å². The van der Waals surface area contributed by atoms with Crippen LogP contribution in [0.2, 0.25) is 5.02 Å². The molecule has 3 aromatic rings. The van der Waals surface area contributed by atoms with E-state index in [9.17, 15) is 13.2 Å². The van der Waals surface area contributed by atoms with Gasteiger partial charge in [0.25, 0.3) is 0 Å².